The highest BCUT2D eigenvalue weighted by atomic mass is 16.8. The van der Waals surface area contributed by atoms with Gasteiger partial charge in [-0.2, -0.15) is 0 Å². The zero-order valence-electron chi connectivity index (χ0n) is 28.5. The van der Waals surface area contributed by atoms with Crippen molar-refractivity contribution in [2.45, 2.75) is 99.9 Å². The molecule has 4 heterocycles. The molecule has 19 nitrogen and oxygen atoms in total. The van der Waals surface area contributed by atoms with Gasteiger partial charge in [0.15, 0.2) is 12.6 Å². The lowest BCUT2D eigenvalue weighted by molar-refractivity contribution is -0.344. The summed E-state index contributed by atoms with van der Waals surface area (Å²) in [5.41, 5.74) is 0.0193. The molecule has 5 rings (SSSR count). The van der Waals surface area contributed by atoms with Crippen LogP contribution in [0.15, 0.2) is 36.3 Å². The average Bonchev–Trinajstić information content (AvgIpc) is 3.45. The van der Waals surface area contributed by atoms with E-state index in [1.807, 2.05) is 0 Å². The van der Waals surface area contributed by atoms with Crippen LogP contribution in [0, 0.1) is 29.6 Å². The molecule has 1 saturated carbocycles. The number of rotatable bonds is 12. The number of carbonyl (C=O) groups is 2. The Labute approximate surface area is 298 Å². The van der Waals surface area contributed by atoms with Crippen molar-refractivity contribution < 1.29 is 93.4 Å². The third-order valence-corrected chi connectivity index (χ3v) is 10.4. The number of methoxy groups -OCH3 is 1. The van der Waals surface area contributed by atoms with Crippen LogP contribution >= 0.6 is 0 Å². The maximum absolute atomic E-state index is 13.8. The van der Waals surface area contributed by atoms with Gasteiger partial charge in [0, 0.05) is 30.3 Å². The number of aliphatic hydroxyl groups excluding tert-OH is 9. The minimum atomic E-state index is -1.76. The second-order valence-electron chi connectivity index (χ2n) is 13.5. The van der Waals surface area contributed by atoms with Gasteiger partial charge >= 0.3 is 11.9 Å². The Bertz CT molecular complexity index is 1320. The monoisotopic (exact) mass is 748 g/mol. The number of aliphatic hydroxyl groups is 9. The summed E-state index contributed by atoms with van der Waals surface area (Å²) in [6.07, 6.45) is -15.0. The van der Waals surface area contributed by atoms with E-state index in [2.05, 4.69) is 6.58 Å². The van der Waals surface area contributed by atoms with Crippen molar-refractivity contribution in [1.29, 1.82) is 0 Å². The fraction of sp³-hybridized carbons (Fsp3) is 0.758. The van der Waals surface area contributed by atoms with Crippen LogP contribution in [0.1, 0.15) is 19.8 Å². The Morgan fingerprint density at radius 1 is 0.846 bits per heavy atom. The summed E-state index contributed by atoms with van der Waals surface area (Å²) in [6.45, 7) is 3.81. The minimum Gasteiger partial charge on any atom is -0.471 e. The SMILES string of the molecule is C=CC1C(OC2OC(CO)C(O)C(O)C2O)OC=C(C(=O)OC2CC3C=C(C(=O)OC)OC(OC4OC(CO)C(O)C(O)C4O)C3C2C)C1CCO. The van der Waals surface area contributed by atoms with Gasteiger partial charge < -0.3 is 83.9 Å². The first-order valence-electron chi connectivity index (χ1n) is 17.0. The van der Waals surface area contributed by atoms with Gasteiger partial charge in [0.2, 0.25) is 18.3 Å². The number of carbonyl (C=O) groups excluding carboxylic acids is 2. The molecule has 0 aromatic rings. The molecule has 18 atom stereocenters. The van der Waals surface area contributed by atoms with E-state index >= 15 is 0 Å². The van der Waals surface area contributed by atoms with Crippen molar-refractivity contribution in [3.63, 3.8) is 0 Å². The Hall–Kier alpha value is -2.76. The van der Waals surface area contributed by atoms with E-state index in [4.69, 9.17) is 37.9 Å². The average molecular weight is 749 g/mol. The second kappa shape index (κ2) is 17.1. The third-order valence-electron chi connectivity index (χ3n) is 10.4. The Kier molecular flexibility index (Phi) is 13.3. The first kappa shape index (κ1) is 40.4. The molecule has 9 N–H and O–H groups in total. The number of ether oxygens (including phenoxy) is 8. The summed E-state index contributed by atoms with van der Waals surface area (Å²) in [7, 11) is 1.15. The van der Waals surface area contributed by atoms with Gasteiger partial charge in [-0.1, -0.05) is 13.0 Å². The van der Waals surface area contributed by atoms with Crippen LogP contribution in [-0.2, 0) is 47.5 Å². The van der Waals surface area contributed by atoms with E-state index in [-0.39, 0.29) is 30.8 Å². The number of hydrogen-bond acceptors (Lipinski definition) is 19. The van der Waals surface area contributed by atoms with Gasteiger partial charge in [0.1, 0.15) is 54.9 Å². The quantitative estimate of drug-likeness (QED) is 0.0684. The second-order valence-corrected chi connectivity index (χ2v) is 13.5. The normalized spacial score (nSPS) is 44.7. The van der Waals surface area contributed by atoms with E-state index < -0.39 is 135 Å². The summed E-state index contributed by atoms with van der Waals surface area (Å²) in [4.78, 5) is 26.3. The topological polar surface area (TPSA) is 290 Å². The van der Waals surface area contributed by atoms with Crippen molar-refractivity contribution in [2.75, 3.05) is 26.9 Å². The van der Waals surface area contributed by atoms with E-state index in [0.717, 1.165) is 13.4 Å². The molecule has 0 amide bonds. The summed E-state index contributed by atoms with van der Waals surface area (Å²) < 4.78 is 45.0. The van der Waals surface area contributed by atoms with Gasteiger partial charge in [-0.3, -0.25) is 0 Å². The highest BCUT2D eigenvalue weighted by Gasteiger charge is 2.54. The van der Waals surface area contributed by atoms with Crippen LogP contribution < -0.4 is 0 Å². The molecule has 4 aliphatic heterocycles. The molecule has 294 valence electrons. The Morgan fingerprint density at radius 2 is 1.42 bits per heavy atom. The summed E-state index contributed by atoms with van der Waals surface area (Å²) in [6, 6.07) is 0. The zero-order chi connectivity index (χ0) is 38.0. The van der Waals surface area contributed by atoms with Gasteiger partial charge in [-0.15, -0.1) is 6.58 Å². The Morgan fingerprint density at radius 3 is 1.94 bits per heavy atom. The van der Waals surface area contributed by atoms with E-state index in [0.29, 0.717) is 0 Å². The predicted octanol–water partition coefficient (Wildman–Crippen LogP) is -3.74. The number of hydrogen-bond donors (Lipinski definition) is 9. The van der Waals surface area contributed by atoms with Gasteiger partial charge in [-0.05, 0) is 24.8 Å². The smallest absolute Gasteiger partial charge is 0.373 e. The van der Waals surface area contributed by atoms with Crippen molar-refractivity contribution >= 4 is 11.9 Å². The molecule has 0 aromatic carbocycles. The standard InChI is InChI=1S/C33H48O19/c1-4-14-15(5-6-34)16(11-46-30(14)51-32-26(41)24(39)22(37)19(9-35)49-32)28(43)47-17-7-13-8-18(29(44)45-3)48-31(21(13)12(17)2)52-33-27(42)25(40)23(38)20(10-36)50-33/h4,8,11-15,17,19-27,30-42H,1,5-7,9-10H2,2-3H3. The number of esters is 2. The highest BCUT2D eigenvalue weighted by molar-refractivity contribution is 5.89. The molecular formula is C33H48O19. The molecule has 0 aromatic heterocycles. The predicted molar refractivity (Wildman–Crippen MR) is 167 cm³/mol. The van der Waals surface area contributed by atoms with Crippen molar-refractivity contribution in [3.8, 4) is 0 Å². The zero-order valence-corrected chi connectivity index (χ0v) is 28.5. The molecule has 0 spiro atoms. The molecule has 19 heteroatoms. The van der Waals surface area contributed by atoms with Crippen LogP contribution in [0.4, 0.5) is 0 Å². The highest BCUT2D eigenvalue weighted by Crippen LogP contribution is 2.48. The van der Waals surface area contributed by atoms with Crippen LogP contribution in [-0.4, -0.2) is 165 Å². The van der Waals surface area contributed by atoms with E-state index in [1.165, 1.54) is 12.2 Å². The maximum atomic E-state index is 13.8. The van der Waals surface area contributed by atoms with Crippen molar-refractivity contribution in [3.05, 3.63) is 36.3 Å². The lowest BCUT2D eigenvalue weighted by Gasteiger charge is -2.43. The summed E-state index contributed by atoms with van der Waals surface area (Å²) in [5, 5.41) is 90.9. The van der Waals surface area contributed by atoms with Crippen LogP contribution in [0.25, 0.3) is 0 Å². The van der Waals surface area contributed by atoms with E-state index in [1.54, 1.807) is 6.92 Å². The molecule has 1 aliphatic carbocycles. The molecule has 0 bridgehead atoms. The Balaban J connectivity index is 1.33. The fourth-order valence-corrected chi connectivity index (χ4v) is 7.46. The summed E-state index contributed by atoms with van der Waals surface area (Å²) in [5.74, 6) is -5.09. The molecule has 18 unspecified atom stereocenters. The lowest BCUT2D eigenvalue weighted by Crippen LogP contribution is -2.60. The van der Waals surface area contributed by atoms with Gasteiger partial charge in [0.05, 0.1) is 32.2 Å². The lowest BCUT2D eigenvalue weighted by atomic mass is 9.81. The first-order chi connectivity index (χ1) is 24.8. The summed E-state index contributed by atoms with van der Waals surface area (Å²) >= 11 is 0. The largest absolute Gasteiger partial charge is 0.471 e. The number of fused-ring (bicyclic) bond motifs is 1. The van der Waals surface area contributed by atoms with Crippen molar-refractivity contribution in [1.82, 2.24) is 0 Å². The third kappa shape index (κ3) is 7.88. The molecule has 5 aliphatic rings. The van der Waals surface area contributed by atoms with Crippen LogP contribution in [0.3, 0.4) is 0 Å². The minimum absolute atomic E-state index is 0.0193. The van der Waals surface area contributed by atoms with Crippen molar-refractivity contribution in [2.24, 2.45) is 29.6 Å². The molecule has 3 fully saturated rings. The number of allylic oxidation sites excluding steroid dienone is 1. The fourth-order valence-electron chi connectivity index (χ4n) is 7.46. The molecule has 2 saturated heterocycles. The maximum Gasteiger partial charge on any atom is 0.373 e. The van der Waals surface area contributed by atoms with Gasteiger partial charge in [-0.25, -0.2) is 9.59 Å². The molecule has 0 radical (unpaired) electrons. The first-order valence-corrected chi connectivity index (χ1v) is 17.0. The van der Waals surface area contributed by atoms with Crippen LogP contribution in [0.5, 0.6) is 0 Å². The van der Waals surface area contributed by atoms with E-state index in [9.17, 15) is 55.5 Å². The van der Waals surface area contributed by atoms with Gasteiger partial charge in [0.25, 0.3) is 0 Å². The molecular weight excluding hydrogens is 700 g/mol. The molecule has 52 heavy (non-hydrogen) atoms. The van der Waals surface area contributed by atoms with Crippen LogP contribution in [0.2, 0.25) is 0 Å².